The van der Waals surface area contributed by atoms with Crippen LogP contribution in [0.15, 0.2) is 30.6 Å². The molecule has 0 aliphatic carbocycles. The van der Waals surface area contributed by atoms with Crippen molar-refractivity contribution in [1.82, 2.24) is 9.55 Å². The van der Waals surface area contributed by atoms with Crippen LogP contribution in [0.1, 0.15) is 20.8 Å². The number of nitrogens with zero attached hydrogens (tertiary/aromatic N) is 2. The third-order valence-electron chi connectivity index (χ3n) is 3.10. The third-order valence-corrected chi connectivity index (χ3v) is 3.10. The highest BCUT2D eigenvalue weighted by Gasteiger charge is 2.29. The van der Waals surface area contributed by atoms with Crippen LogP contribution in [0.25, 0.3) is 11.0 Å². The van der Waals surface area contributed by atoms with E-state index in [1.54, 1.807) is 6.33 Å². The summed E-state index contributed by atoms with van der Waals surface area (Å²) >= 11 is 0. The third kappa shape index (κ3) is 3.05. The fraction of sp³-hybridized carbons (Fsp3) is 0.429. The van der Waals surface area contributed by atoms with Gasteiger partial charge in [0.25, 0.3) is 0 Å². The van der Waals surface area contributed by atoms with Gasteiger partial charge in [-0.3, -0.25) is 0 Å². The van der Waals surface area contributed by atoms with Gasteiger partial charge in [-0.05, 0) is 12.1 Å². The molecular formula is C14H18N2O3. The van der Waals surface area contributed by atoms with Crippen LogP contribution in [0.5, 0.6) is 0 Å². The highest BCUT2D eigenvalue weighted by Crippen LogP contribution is 2.25. The Hall–Kier alpha value is -2.04. The first-order chi connectivity index (χ1) is 8.88. The van der Waals surface area contributed by atoms with Gasteiger partial charge in [-0.25, -0.2) is 9.78 Å². The Labute approximate surface area is 111 Å². The summed E-state index contributed by atoms with van der Waals surface area (Å²) in [6, 6.07) is 7.75. The molecule has 1 aromatic heterocycles. The Bertz CT molecular complexity index is 584. The Morgan fingerprint density at radius 1 is 1.42 bits per heavy atom. The van der Waals surface area contributed by atoms with Gasteiger partial charge in [0.05, 0.1) is 23.9 Å². The predicted molar refractivity (Wildman–Crippen MR) is 72.1 cm³/mol. The summed E-state index contributed by atoms with van der Waals surface area (Å²) in [6.45, 7) is 6.33. The van der Waals surface area contributed by atoms with Crippen LogP contribution in [0, 0.1) is 5.41 Å². The number of fused-ring (bicyclic) bond motifs is 1. The average Bonchev–Trinajstić information content (AvgIpc) is 2.70. The van der Waals surface area contributed by atoms with E-state index in [1.807, 2.05) is 49.6 Å². The molecule has 0 fully saturated rings. The summed E-state index contributed by atoms with van der Waals surface area (Å²) in [5, 5.41) is 8.84. The van der Waals surface area contributed by atoms with E-state index in [4.69, 9.17) is 9.84 Å². The van der Waals surface area contributed by atoms with Crippen molar-refractivity contribution in [1.29, 1.82) is 0 Å². The van der Waals surface area contributed by atoms with Crippen molar-refractivity contribution in [2.75, 3.05) is 0 Å². The minimum atomic E-state index is -1.25. The molecule has 5 nitrogen and oxygen atoms in total. The number of hydrogen-bond acceptors (Lipinski definition) is 3. The fourth-order valence-electron chi connectivity index (χ4n) is 1.94. The van der Waals surface area contributed by atoms with Crippen molar-refractivity contribution in [3.8, 4) is 0 Å². The molecule has 2 aromatic rings. The maximum Gasteiger partial charge on any atom is 0.506 e. The molecule has 1 aromatic carbocycles. The quantitative estimate of drug-likeness (QED) is 0.863. The zero-order chi connectivity index (χ0) is 14.0. The summed E-state index contributed by atoms with van der Waals surface area (Å²) < 4.78 is 6.93. The second kappa shape index (κ2) is 4.91. The van der Waals surface area contributed by atoms with E-state index in [2.05, 4.69) is 4.98 Å². The first-order valence-corrected chi connectivity index (χ1v) is 6.17. The maximum atomic E-state index is 10.8. The molecule has 0 amide bonds. The van der Waals surface area contributed by atoms with Crippen molar-refractivity contribution in [3.63, 3.8) is 0 Å². The molecule has 1 atom stereocenters. The number of carbonyl (C=O) groups is 1. The highest BCUT2D eigenvalue weighted by molar-refractivity contribution is 5.74. The van der Waals surface area contributed by atoms with Crippen LogP contribution in [0.4, 0.5) is 4.79 Å². The number of ether oxygens (including phenoxy) is 1. The number of hydrogen-bond donors (Lipinski definition) is 1. The molecule has 5 heteroatoms. The second-order valence-electron chi connectivity index (χ2n) is 5.62. The van der Waals surface area contributed by atoms with E-state index >= 15 is 0 Å². The fourth-order valence-corrected chi connectivity index (χ4v) is 1.94. The minimum Gasteiger partial charge on any atom is -0.450 e. The average molecular weight is 262 g/mol. The maximum absolute atomic E-state index is 10.8. The molecule has 0 saturated heterocycles. The number of aromatic nitrogens is 2. The molecule has 1 N–H and O–H groups in total. The zero-order valence-electron chi connectivity index (χ0n) is 11.3. The van der Waals surface area contributed by atoms with Gasteiger partial charge in [-0.1, -0.05) is 32.9 Å². The van der Waals surface area contributed by atoms with Crippen molar-refractivity contribution in [3.05, 3.63) is 30.6 Å². The van der Waals surface area contributed by atoms with Crippen molar-refractivity contribution < 1.29 is 14.6 Å². The molecule has 0 radical (unpaired) electrons. The van der Waals surface area contributed by atoms with E-state index in [1.165, 1.54) is 0 Å². The van der Waals surface area contributed by atoms with Gasteiger partial charge in [-0.15, -0.1) is 0 Å². The molecule has 0 bridgehead atoms. The van der Waals surface area contributed by atoms with Crippen molar-refractivity contribution in [2.45, 2.75) is 33.4 Å². The Morgan fingerprint density at radius 2 is 2.11 bits per heavy atom. The van der Waals surface area contributed by atoms with E-state index in [-0.39, 0.29) is 5.41 Å². The molecule has 0 saturated carbocycles. The summed E-state index contributed by atoms with van der Waals surface area (Å²) in [5.74, 6) is 0. The van der Waals surface area contributed by atoms with E-state index in [0.717, 1.165) is 11.0 Å². The van der Waals surface area contributed by atoms with Gasteiger partial charge >= 0.3 is 6.16 Å². The number of imidazole rings is 1. The lowest BCUT2D eigenvalue weighted by atomic mass is 9.89. The van der Waals surface area contributed by atoms with Gasteiger partial charge in [0.2, 0.25) is 0 Å². The molecule has 0 aliphatic rings. The Morgan fingerprint density at radius 3 is 2.74 bits per heavy atom. The Balaban J connectivity index is 2.28. The van der Waals surface area contributed by atoms with Crippen molar-refractivity contribution in [2.24, 2.45) is 5.41 Å². The number of benzene rings is 1. The summed E-state index contributed by atoms with van der Waals surface area (Å²) in [4.78, 5) is 15.1. The van der Waals surface area contributed by atoms with Crippen LogP contribution in [0.3, 0.4) is 0 Å². The molecule has 19 heavy (non-hydrogen) atoms. The van der Waals surface area contributed by atoms with Gasteiger partial charge in [-0.2, -0.15) is 0 Å². The summed E-state index contributed by atoms with van der Waals surface area (Å²) in [7, 11) is 0. The lowest BCUT2D eigenvalue weighted by Crippen LogP contribution is -2.35. The monoisotopic (exact) mass is 262 g/mol. The number of rotatable bonds is 3. The van der Waals surface area contributed by atoms with Crippen molar-refractivity contribution >= 4 is 17.2 Å². The van der Waals surface area contributed by atoms with E-state index in [9.17, 15) is 4.79 Å². The van der Waals surface area contributed by atoms with Gasteiger partial charge < -0.3 is 14.4 Å². The van der Waals surface area contributed by atoms with E-state index < -0.39 is 12.3 Å². The first kappa shape index (κ1) is 13.4. The normalized spacial score (nSPS) is 13.4. The van der Waals surface area contributed by atoms with Crippen LogP contribution < -0.4 is 0 Å². The summed E-state index contributed by atoms with van der Waals surface area (Å²) in [5.41, 5.74) is 1.60. The number of para-hydroxylation sites is 2. The second-order valence-corrected chi connectivity index (χ2v) is 5.62. The van der Waals surface area contributed by atoms with Crippen LogP contribution in [-0.4, -0.2) is 26.9 Å². The molecule has 2 rings (SSSR count). The van der Waals surface area contributed by atoms with Crippen LogP contribution >= 0.6 is 0 Å². The van der Waals surface area contributed by atoms with Crippen LogP contribution in [0.2, 0.25) is 0 Å². The summed E-state index contributed by atoms with van der Waals surface area (Å²) in [6.07, 6.45) is 0.0428. The van der Waals surface area contributed by atoms with Gasteiger partial charge in [0.15, 0.2) is 0 Å². The molecule has 0 aliphatic heterocycles. The van der Waals surface area contributed by atoms with Gasteiger partial charge in [0.1, 0.15) is 6.10 Å². The topological polar surface area (TPSA) is 64.4 Å². The molecule has 1 heterocycles. The predicted octanol–water partition coefficient (Wildman–Crippen LogP) is 3.15. The SMILES string of the molecule is CC(C)(C)[C@@H](Cn1cnc2ccccc21)OC(=O)O. The molecule has 102 valence electrons. The van der Waals surface area contributed by atoms with E-state index in [0.29, 0.717) is 6.54 Å². The number of carboxylic acid groups (broad SMARTS) is 1. The largest absolute Gasteiger partial charge is 0.506 e. The Kier molecular flexibility index (Phi) is 3.46. The minimum absolute atomic E-state index is 0.274. The lowest BCUT2D eigenvalue weighted by Gasteiger charge is -2.29. The first-order valence-electron chi connectivity index (χ1n) is 6.17. The highest BCUT2D eigenvalue weighted by atomic mass is 16.7. The zero-order valence-corrected chi connectivity index (χ0v) is 11.3. The standard InChI is InChI=1S/C14H18N2O3/c1-14(2,3)12(19-13(17)18)8-16-9-15-10-6-4-5-7-11(10)16/h4-7,9,12H,8H2,1-3H3,(H,17,18)/t12-/m1/s1. The molecular weight excluding hydrogens is 244 g/mol. The smallest absolute Gasteiger partial charge is 0.450 e. The lowest BCUT2D eigenvalue weighted by molar-refractivity contribution is -0.00711. The van der Waals surface area contributed by atoms with Gasteiger partial charge in [0, 0.05) is 5.41 Å². The van der Waals surface area contributed by atoms with Crippen LogP contribution in [-0.2, 0) is 11.3 Å². The molecule has 0 unspecified atom stereocenters. The molecule has 0 spiro atoms.